The maximum atomic E-state index is 12.0. The molecule has 90 valence electrons. The van der Waals surface area contributed by atoms with Gasteiger partial charge in [-0.05, 0) is 35.9 Å². The second-order valence-electron chi connectivity index (χ2n) is 4.19. The van der Waals surface area contributed by atoms with Gasteiger partial charge in [0.1, 0.15) is 5.75 Å². The quantitative estimate of drug-likeness (QED) is 0.805. The Morgan fingerprint density at radius 1 is 1.06 bits per heavy atom. The number of hydrogen-bond donors (Lipinski definition) is 2. The summed E-state index contributed by atoms with van der Waals surface area (Å²) >= 11 is 0. The SMILES string of the molecule is O=C1Nc2ccccc2CN1c1ccc(O)cc1. The molecule has 2 aromatic carbocycles. The van der Waals surface area contributed by atoms with E-state index in [2.05, 4.69) is 5.32 Å². The van der Waals surface area contributed by atoms with Crippen molar-refractivity contribution in [2.75, 3.05) is 10.2 Å². The van der Waals surface area contributed by atoms with Crippen molar-refractivity contribution in [1.82, 2.24) is 0 Å². The summed E-state index contributed by atoms with van der Waals surface area (Å²) in [5.74, 6) is 0.191. The van der Waals surface area contributed by atoms with Crippen LogP contribution in [0, 0.1) is 0 Å². The van der Waals surface area contributed by atoms with Crippen molar-refractivity contribution in [1.29, 1.82) is 0 Å². The third kappa shape index (κ3) is 1.78. The third-order valence-electron chi connectivity index (χ3n) is 2.99. The molecular formula is C14H12N2O2. The van der Waals surface area contributed by atoms with Crippen molar-refractivity contribution in [3.05, 3.63) is 54.1 Å². The Hall–Kier alpha value is -2.49. The van der Waals surface area contributed by atoms with Crippen LogP contribution in [0.4, 0.5) is 16.2 Å². The van der Waals surface area contributed by atoms with Crippen molar-refractivity contribution in [2.45, 2.75) is 6.54 Å². The molecule has 2 amide bonds. The second-order valence-corrected chi connectivity index (χ2v) is 4.19. The molecule has 4 heteroatoms. The molecule has 0 unspecified atom stereocenters. The van der Waals surface area contributed by atoms with Crippen LogP contribution in [0.2, 0.25) is 0 Å². The van der Waals surface area contributed by atoms with E-state index in [1.54, 1.807) is 29.2 Å². The van der Waals surface area contributed by atoms with Gasteiger partial charge in [-0.1, -0.05) is 18.2 Å². The lowest BCUT2D eigenvalue weighted by atomic mass is 10.1. The zero-order valence-corrected chi connectivity index (χ0v) is 9.63. The van der Waals surface area contributed by atoms with E-state index in [0.717, 1.165) is 16.9 Å². The van der Waals surface area contributed by atoms with Crippen LogP contribution in [0.1, 0.15) is 5.56 Å². The number of benzene rings is 2. The molecule has 0 atom stereocenters. The Morgan fingerprint density at radius 3 is 2.56 bits per heavy atom. The highest BCUT2D eigenvalue weighted by Crippen LogP contribution is 2.27. The van der Waals surface area contributed by atoms with Crippen molar-refractivity contribution < 1.29 is 9.90 Å². The topological polar surface area (TPSA) is 52.6 Å². The fourth-order valence-corrected chi connectivity index (χ4v) is 2.05. The number of phenolic OH excluding ortho intramolecular Hbond substituents is 1. The molecule has 0 saturated heterocycles. The Bertz CT molecular complexity index is 593. The molecule has 0 spiro atoms. The van der Waals surface area contributed by atoms with E-state index in [4.69, 9.17) is 0 Å². The van der Waals surface area contributed by atoms with Crippen LogP contribution in [0.25, 0.3) is 0 Å². The van der Waals surface area contributed by atoms with Crippen molar-refractivity contribution >= 4 is 17.4 Å². The minimum atomic E-state index is -0.153. The first-order valence-corrected chi connectivity index (χ1v) is 5.69. The highest BCUT2D eigenvalue weighted by Gasteiger charge is 2.23. The largest absolute Gasteiger partial charge is 0.508 e. The van der Waals surface area contributed by atoms with Gasteiger partial charge in [-0.3, -0.25) is 4.90 Å². The number of anilines is 2. The van der Waals surface area contributed by atoms with Gasteiger partial charge in [-0.2, -0.15) is 0 Å². The standard InChI is InChI=1S/C14H12N2O2/c17-12-7-5-11(6-8-12)16-9-10-3-1-2-4-13(10)15-14(16)18/h1-8,17H,9H2,(H,15,18). The molecule has 0 radical (unpaired) electrons. The molecule has 0 fully saturated rings. The average molecular weight is 240 g/mol. The van der Waals surface area contributed by atoms with Crippen molar-refractivity contribution in [2.24, 2.45) is 0 Å². The van der Waals surface area contributed by atoms with E-state index in [1.807, 2.05) is 24.3 Å². The molecule has 3 rings (SSSR count). The maximum Gasteiger partial charge on any atom is 0.326 e. The zero-order valence-electron chi connectivity index (χ0n) is 9.63. The molecule has 0 bridgehead atoms. The number of nitrogens with zero attached hydrogens (tertiary/aromatic N) is 1. The number of fused-ring (bicyclic) bond motifs is 1. The molecular weight excluding hydrogens is 228 g/mol. The van der Waals surface area contributed by atoms with E-state index in [9.17, 15) is 9.90 Å². The number of carbonyl (C=O) groups excluding carboxylic acids is 1. The summed E-state index contributed by atoms with van der Waals surface area (Å²) in [4.78, 5) is 13.6. The minimum absolute atomic E-state index is 0.153. The fraction of sp³-hybridized carbons (Fsp3) is 0.0714. The highest BCUT2D eigenvalue weighted by atomic mass is 16.3. The van der Waals surface area contributed by atoms with Gasteiger partial charge in [-0.25, -0.2) is 4.79 Å². The summed E-state index contributed by atoms with van der Waals surface area (Å²) < 4.78 is 0. The molecule has 2 N–H and O–H groups in total. The number of urea groups is 1. The number of rotatable bonds is 1. The number of amides is 2. The minimum Gasteiger partial charge on any atom is -0.508 e. The number of phenols is 1. The monoisotopic (exact) mass is 240 g/mol. The summed E-state index contributed by atoms with van der Waals surface area (Å²) in [6.45, 7) is 0.535. The number of hydrogen-bond acceptors (Lipinski definition) is 2. The summed E-state index contributed by atoms with van der Waals surface area (Å²) in [6.07, 6.45) is 0. The first kappa shape index (κ1) is 10.7. The number of nitrogens with one attached hydrogen (secondary N) is 1. The van der Waals surface area contributed by atoms with E-state index in [1.165, 1.54) is 0 Å². The molecule has 2 aromatic rings. The normalized spacial score (nSPS) is 14.0. The molecule has 0 aromatic heterocycles. The molecule has 18 heavy (non-hydrogen) atoms. The summed E-state index contributed by atoms with van der Waals surface area (Å²) in [6, 6.07) is 14.2. The molecule has 0 aliphatic carbocycles. The van der Waals surface area contributed by atoms with Crippen LogP contribution in [0.15, 0.2) is 48.5 Å². The van der Waals surface area contributed by atoms with E-state index < -0.39 is 0 Å². The first-order valence-electron chi connectivity index (χ1n) is 5.69. The van der Waals surface area contributed by atoms with E-state index in [-0.39, 0.29) is 11.8 Å². The van der Waals surface area contributed by atoms with Crippen LogP contribution in [-0.4, -0.2) is 11.1 Å². The summed E-state index contributed by atoms with van der Waals surface area (Å²) in [7, 11) is 0. The van der Waals surface area contributed by atoms with Crippen LogP contribution in [-0.2, 0) is 6.54 Å². The Kier molecular flexibility index (Phi) is 2.41. The number of carbonyl (C=O) groups is 1. The Morgan fingerprint density at radius 2 is 1.78 bits per heavy atom. The van der Waals surface area contributed by atoms with Gasteiger partial charge < -0.3 is 10.4 Å². The fourth-order valence-electron chi connectivity index (χ4n) is 2.05. The molecule has 0 saturated carbocycles. The van der Waals surface area contributed by atoms with Gasteiger partial charge in [0.15, 0.2) is 0 Å². The highest BCUT2D eigenvalue weighted by molar-refractivity contribution is 6.04. The zero-order chi connectivity index (χ0) is 12.5. The van der Waals surface area contributed by atoms with Gasteiger partial charge >= 0.3 is 6.03 Å². The van der Waals surface area contributed by atoms with Crippen LogP contribution >= 0.6 is 0 Å². The molecule has 1 aliphatic heterocycles. The van der Waals surface area contributed by atoms with Gasteiger partial charge in [0.05, 0.1) is 6.54 Å². The van der Waals surface area contributed by atoms with Crippen LogP contribution < -0.4 is 10.2 Å². The number of para-hydroxylation sites is 1. The van der Waals surface area contributed by atoms with Crippen LogP contribution in [0.3, 0.4) is 0 Å². The number of aromatic hydroxyl groups is 1. The lowest BCUT2D eigenvalue weighted by Crippen LogP contribution is -2.38. The summed E-state index contributed by atoms with van der Waals surface area (Å²) in [5.41, 5.74) is 2.70. The molecule has 1 heterocycles. The van der Waals surface area contributed by atoms with Gasteiger partial charge in [0.2, 0.25) is 0 Å². The molecule has 4 nitrogen and oxygen atoms in total. The van der Waals surface area contributed by atoms with Gasteiger partial charge in [-0.15, -0.1) is 0 Å². The third-order valence-corrected chi connectivity index (χ3v) is 2.99. The smallest absolute Gasteiger partial charge is 0.326 e. The van der Waals surface area contributed by atoms with Gasteiger partial charge in [0.25, 0.3) is 0 Å². The van der Waals surface area contributed by atoms with E-state index >= 15 is 0 Å². The maximum absolute atomic E-state index is 12.0. The average Bonchev–Trinajstić information content (AvgIpc) is 2.39. The lowest BCUT2D eigenvalue weighted by Gasteiger charge is -2.29. The Labute approximate surface area is 104 Å². The summed E-state index contributed by atoms with van der Waals surface area (Å²) in [5, 5.41) is 12.1. The predicted octanol–water partition coefficient (Wildman–Crippen LogP) is 2.94. The van der Waals surface area contributed by atoms with Gasteiger partial charge in [0, 0.05) is 11.4 Å². The van der Waals surface area contributed by atoms with Crippen LogP contribution in [0.5, 0.6) is 5.75 Å². The van der Waals surface area contributed by atoms with Crippen molar-refractivity contribution in [3.8, 4) is 5.75 Å². The van der Waals surface area contributed by atoms with E-state index in [0.29, 0.717) is 6.54 Å². The van der Waals surface area contributed by atoms with Crippen molar-refractivity contribution in [3.63, 3.8) is 0 Å². The molecule has 1 aliphatic rings. The second kappa shape index (κ2) is 4.07. The lowest BCUT2D eigenvalue weighted by molar-refractivity contribution is 0.256. The Balaban J connectivity index is 1.95. The first-order chi connectivity index (χ1) is 8.74. The predicted molar refractivity (Wildman–Crippen MR) is 69.8 cm³/mol.